The molecule has 0 aromatic heterocycles. The van der Waals surface area contributed by atoms with Crippen molar-refractivity contribution in [2.75, 3.05) is 18.4 Å². The maximum atomic E-state index is 12.7. The fourth-order valence-corrected chi connectivity index (χ4v) is 4.12. The number of terminal acetylenes is 1. The Hall–Kier alpha value is -2.33. The number of carbonyl (C=O) groups is 1. The molecule has 0 heterocycles. The molecule has 0 atom stereocenters. The first-order valence-corrected chi connectivity index (χ1v) is 9.83. The van der Waals surface area contributed by atoms with E-state index >= 15 is 0 Å². The van der Waals surface area contributed by atoms with Crippen LogP contribution in [0.2, 0.25) is 5.02 Å². The zero-order valence-electron chi connectivity index (χ0n) is 14.5. The number of carbonyl (C=O) groups excluding carboxylic acids is 1. The second-order valence-electron chi connectivity index (χ2n) is 5.41. The van der Waals surface area contributed by atoms with E-state index in [1.165, 1.54) is 22.5 Å². The van der Waals surface area contributed by atoms with Gasteiger partial charge in [0.1, 0.15) is 0 Å². The van der Waals surface area contributed by atoms with Gasteiger partial charge in [-0.2, -0.15) is 4.31 Å². The SMILES string of the molecule is C#Cc1cccc(NC(=O)c2cc(S(=O)(=O)N(CC)CC)ccc2Cl)c1. The van der Waals surface area contributed by atoms with E-state index in [1.54, 1.807) is 38.1 Å². The fraction of sp³-hybridized carbons (Fsp3) is 0.211. The summed E-state index contributed by atoms with van der Waals surface area (Å²) in [6.07, 6.45) is 5.35. The molecule has 0 aliphatic rings. The van der Waals surface area contributed by atoms with Crippen molar-refractivity contribution in [2.24, 2.45) is 0 Å². The molecule has 5 nitrogen and oxygen atoms in total. The first-order chi connectivity index (χ1) is 12.3. The van der Waals surface area contributed by atoms with E-state index < -0.39 is 15.9 Å². The maximum Gasteiger partial charge on any atom is 0.257 e. The van der Waals surface area contributed by atoms with Crippen LogP contribution in [0.3, 0.4) is 0 Å². The summed E-state index contributed by atoms with van der Waals surface area (Å²) in [5, 5.41) is 2.84. The van der Waals surface area contributed by atoms with Gasteiger partial charge in [-0.3, -0.25) is 4.79 Å². The fourth-order valence-electron chi connectivity index (χ4n) is 2.44. The van der Waals surface area contributed by atoms with Crippen molar-refractivity contribution in [3.63, 3.8) is 0 Å². The standard InChI is InChI=1S/C19H19ClN2O3S/c1-4-14-8-7-9-15(12-14)21-19(23)17-13-16(10-11-18(17)20)26(24,25)22(5-2)6-3/h1,7-13H,5-6H2,2-3H3,(H,21,23). The molecule has 26 heavy (non-hydrogen) atoms. The molecule has 0 fully saturated rings. The van der Waals surface area contributed by atoms with Gasteiger partial charge in [-0.25, -0.2) is 8.42 Å². The Morgan fingerprint density at radius 1 is 1.19 bits per heavy atom. The Balaban J connectivity index is 2.38. The summed E-state index contributed by atoms with van der Waals surface area (Å²) in [4.78, 5) is 12.6. The van der Waals surface area contributed by atoms with Gasteiger partial charge in [-0.15, -0.1) is 6.42 Å². The van der Waals surface area contributed by atoms with Crippen LogP contribution in [-0.2, 0) is 10.0 Å². The number of sulfonamides is 1. The van der Waals surface area contributed by atoms with E-state index in [2.05, 4.69) is 11.2 Å². The van der Waals surface area contributed by atoms with Crippen molar-refractivity contribution in [3.05, 3.63) is 58.6 Å². The third kappa shape index (κ3) is 4.25. The molecule has 0 bridgehead atoms. The molecule has 0 aliphatic carbocycles. The Morgan fingerprint density at radius 2 is 1.88 bits per heavy atom. The van der Waals surface area contributed by atoms with Crippen molar-refractivity contribution in [3.8, 4) is 12.3 Å². The van der Waals surface area contributed by atoms with Crippen molar-refractivity contribution >= 4 is 33.2 Å². The molecule has 0 saturated heterocycles. The highest BCUT2D eigenvalue weighted by atomic mass is 35.5. The molecular formula is C19H19ClN2O3S. The maximum absolute atomic E-state index is 12.7. The van der Waals surface area contributed by atoms with Crippen LogP contribution >= 0.6 is 11.6 Å². The van der Waals surface area contributed by atoms with Crippen LogP contribution in [-0.4, -0.2) is 31.7 Å². The number of nitrogens with zero attached hydrogens (tertiary/aromatic N) is 1. The molecular weight excluding hydrogens is 372 g/mol. The molecule has 0 saturated carbocycles. The van der Waals surface area contributed by atoms with Gasteiger partial charge in [0.25, 0.3) is 5.91 Å². The quantitative estimate of drug-likeness (QED) is 0.766. The van der Waals surface area contributed by atoms with Gasteiger partial charge < -0.3 is 5.32 Å². The van der Waals surface area contributed by atoms with Crippen molar-refractivity contribution < 1.29 is 13.2 Å². The zero-order valence-corrected chi connectivity index (χ0v) is 16.1. The molecule has 0 radical (unpaired) electrons. The summed E-state index contributed by atoms with van der Waals surface area (Å²) in [5.41, 5.74) is 1.19. The minimum atomic E-state index is -3.69. The molecule has 0 unspecified atom stereocenters. The molecule has 2 aromatic carbocycles. The summed E-state index contributed by atoms with van der Waals surface area (Å²) >= 11 is 6.11. The Kier molecular flexibility index (Phi) is 6.43. The molecule has 136 valence electrons. The van der Waals surface area contributed by atoms with Crippen LogP contribution in [0.15, 0.2) is 47.4 Å². The molecule has 0 aliphatic heterocycles. The summed E-state index contributed by atoms with van der Waals surface area (Å²) in [5.74, 6) is 1.97. The first kappa shape index (κ1) is 20.0. The van der Waals surface area contributed by atoms with Gasteiger partial charge in [-0.05, 0) is 36.4 Å². The highest BCUT2D eigenvalue weighted by Gasteiger charge is 2.23. The van der Waals surface area contributed by atoms with Gasteiger partial charge in [0.2, 0.25) is 10.0 Å². The second-order valence-corrected chi connectivity index (χ2v) is 7.76. The van der Waals surface area contributed by atoms with Gasteiger partial charge in [0, 0.05) is 24.3 Å². The average molecular weight is 391 g/mol. The number of rotatable bonds is 6. The van der Waals surface area contributed by atoms with Gasteiger partial charge >= 0.3 is 0 Å². The van der Waals surface area contributed by atoms with Crippen molar-refractivity contribution in [1.82, 2.24) is 4.31 Å². The zero-order chi connectivity index (χ0) is 19.3. The number of nitrogens with one attached hydrogen (secondary N) is 1. The lowest BCUT2D eigenvalue weighted by Crippen LogP contribution is -2.30. The van der Waals surface area contributed by atoms with E-state index in [1.807, 2.05) is 0 Å². The molecule has 2 aromatic rings. The summed E-state index contributed by atoms with van der Waals surface area (Å²) in [6, 6.07) is 10.9. The predicted octanol–water partition coefficient (Wildman–Crippen LogP) is 3.60. The average Bonchev–Trinajstić information content (AvgIpc) is 2.62. The summed E-state index contributed by atoms with van der Waals surface area (Å²) in [6.45, 7) is 4.18. The van der Waals surface area contributed by atoms with Crippen LogP contribution in [0.1, 0.15) is 29.8 Å². The third-order valence-electron chi connectivity index (χ3n) is 3.81. The summed E-state index contributed by atoms with van der Waals surface area (Å²) < 4.78 is 26.6. The molecule has 7 heteroatoms. The van der Waals surface area contributed by atoms with Crippen LogP contribution < -0.4 is 5.32 Å². The van der Waals surface area contributed by atoms with E-state index in [4.69, 9.17) is 18.0 Å². The monoisotopic (exact) mass is 390 g/mol. The lowest BCUT2D eigenvalue weighted by molar-refractivity contribution is 0.102. The van der Waals surface area contributed by atoms with Crippen LogP contribution in [0.25, 0.3) is 0 Å². The Bertz CT molecular complexity index is 961. The smallest absolute Gasteiger partial charge is 0.257 e. The van der Waals surface area contributed by atoms with Gasteiger partial charge in [-0.1, -0.05) is 37.4 Å². The molecule has 2 rings (SSSR count). The minimum Gasteiger partial charge on any atom is -0.322 e. The van der Waals surface area contributed by atoms with E-state index in [0.29, 0.717) is 24.3 Å². The number of hydrogen-bond donors (Lipinski definition) is 1. The first-order valence-electron chi connectivity index (χ1n) is 8.01. The van der Waals surface area contributed by atoms with E-state index in [0.717, 1.165) is 0 Å². The highest BCUT2D eigenvalue weighted by Crippen LogP contribution is 2.24. The number of anilines is 1. The van der Waals surface area contributed by atoms with Gasteiger partial charge in [0.05, 0.1) is 15.5 Å². The molecule has 1 amide bonds. The van der Waals surface area contributed by atoms with E-state index in [9.17, 15) is 13.2 Å². The Morgan fingerprint density at radius 3 is 2.50 bits per heavy atom. The van der Waals surface area contributed by atoms with Crippen LogP contribution in [0.4, 0.5) is 5.69 Å². The third-order valence-corrected chi connectivity index (χ3v) is 6.19. The minimum absolute atomic E-state index is 0.0214. The second kappa shape index (κ2) is 8.37. The lowest BCUT2D eigenvalue weighted by Gasteiger charge is -2.19. The number of halogens is 1. The molecule has 0 spiro atoms. The predicted molar refractivity (Wildman–Crippen MR) is 104 cm³/mol. The van der Waals surface area contributed by atoms with Crippen LogP contribution in [0.5, 0.6) is 0 Å². The van der Waals surface area contributed by atoms with Gasteiger partial charge in [0.15, 0.2) is 0 Å². The number of amides is 1. The normalized spacial score (nSPS) is 11.2. The van der Waals surface area contributed by atoms with Crippen molar-refractivity contribution in [1.29, 1.82) is 0 Å². The lowest BCUT2D eigenvalue weighted by atomic mass is 10.2. The van der Waals surface area contributed by atoms with Crippen LogP contribution in [0, 0.1) is 12.3 Å². The molecule has 1 N–H and O–H groups in total. The number of hydrogen-bond acceptors (Lipinski definition) is 3. The Labute approximate surface area is 159 Å². The summed E-state index contributed by atoms with van der Waals surface area (Å²) in [7, 11) is -3.69. The van der Waals surface area contributed by atoms with E-state index in [-0.39, 0.29) is 15.5 Å². The number of benzene rings is 2. The van der Waals surface area contributed by atoms with Crippen molar-refractivity contribution in [2.45, 2.75) is 18.7 Å². The highest BCUT2D eigenvalue weighted by molar-refractivity contribution is 7.89. The largest absolute Gasteiger partial charge is 0.322 e. The topological polar surface area (TPSA) is 66.5 Å².